The molecule has 1 aromatic carbocycles. The molecule has 2 aromatic rings. The number of aryl methyl sites for hydroxylation is 1. The van der Waals surface area contributed by atoms with E-state index < -0.39 is 0 Å². The molecular weight excluding hydrogens is 315 g/mol. The Morgan fingerprint density at radius 3 is 3.06 bits per heavy atom. The summed E-state index contributed by atoms with van der Waals surface area (Å²) < 4.78 is 14.7. The minimum atomic E-state index is -0.238. The number of thiazole rings is 1. The second-order valence-corrected chi connectivity index (χ2v) is 6.45. The van der Waals surface area contributed by atoms with E-state index in [1.54, 1.807) is 23.5 Å². The fourth-order valence-corrected chi connectivity index (χ4v) is 3.78. The zero-order chi connectivity index (χ0) is 12.7. The Balaban J connectivity index is 2.10. The molecule has 2 N–H and O–H groups in total. The molecule has 1 aliphatic carbocycles. The summed E-state index contributed by atoms with van der Waals surface area (Å²) in [6.07, 6.45) is 3.07. The molecule has 0 fully saturated rings. The number of aromatic nitrogens is 1. The Hall–Kier alpha value is -0.780. The van der Waals surface area contributed by atoms with Gasteiger partial charge >= 0.3 is 0 Å². The number of nitrogens with zero attached hydrogens (tertiary/aromatic N) is 1. The van der Waals surface area contributed by atoms with Crippen LogP contribution in [-0.4, -0.2) is 4.98 Å². The fraction of sp³-hybridized carbons (Fsp3) is 0.308. The van der Waals surface area contributed by atoms with Gasteiger partial charge in [-0.1, -0.05) is 15.9 Å². The monoisotopic (exact) mass is 326 g/mol. The maximum absolute atomic E-state index is 13.8. The summed E-state index contributed by atoms with van der Waals surface area (Å²) >= 11 is 4.93. The van der Waals surface area contributed by atoms with Crippen LogP contribution in [0.25, 0.3) is 10.6 Å². The molecule has 0 amide bonds. The van der Waals surface area contributed by atoms with Gasteiger partial charge in [-0.15, -0.1) is 11.3 Å². The Labute approximate surface area is 117 Å². The number of fused-ring (bicyclic) bond motifs is 1. The van der Waals surface area contributed by atoms with E-state index in [2.05, 4.69) is 20.9 Å². The van der Waals surface area contributed by atoms with Crippen LogP contribution < -0.4 is 5.73 Å². The standard InChI is InChI=1S/C13H12BrFN2S/c14-7-4-5-9(15)8(6-7)13-17-12-10(16)2-1-3-11(12)18-13/h4-6,10H,1-3,16H2. The SMILES string of the molecule is NC1CCCc2sc(-c3cc(Br)ccc3F)nc21. The molecule has 1 atom stereocenters. The minimum Gasteiger partial charge on any atom is -0.323 e. The summed E-state index contributed by atoms with van der Waals surface area (Å²) in [5, 5.41) is 0.733. The predicted molar refractivity (Wildman–Crippen MR) is 75.1 cm³/mol. The van der Waals surface area contributed by atoms with Crippen molar-refractivity contribution in [3.8, 4) is 10.6 Å². The lowest BCUT2D eigenvalue weighted by molar-refractivity contribution is 0.564. The van der Waals surface area contributed by atoms with Gasteiger partial charge in [0.15, 0.2) is 0 Å². The van der Waals surface area contributed by atoms with E-state index in [9.17, 15) is 4.39 Å². The second-order valence-electron chi connectivity index (χ2n) is 4.45. The summed E-state index contributed by atoms with van der Waals surface area (Å²) in [6, 6.07) is 4.93. The van der Waals surface area contributed by atoms with Gasteiger partial charge in [-0.05, 0) is 37.5 Å². The van der Waals surface area contributed by atoms with E-state index in [4.69, 9.17) is 5.73 Å². The van der Waals surface area contributed by atoms with Gasteiger partial charge in [0, 0.05) is 21.0 Å². The molecular formula is C13H12BrFN2S. The molecule has 1 unspecified atom stereocenters. The van der Waals surface area contributed by atoms with Gasteiger partial charge in [-0.3, -0.25) is 0 Å². The van der Waals surface area contributed by atoms with Gasteiger partial charge in [0.1, 0.15) is 10.8 Å². The lowest BCUT2D eigenvalue weighted by Crippen LogP contribution is -2.16. The van der Waals surface area contributed by atoms with Crippen LogP contribution in [0.3, 0.4) is 0 Å². The number of rotatable bonds is 1. The Morgan fingerprint density at radius 1 is 1.44 bits per heavy atom. The van der Waals surface area contributed by atoms with Gasteiger partial charge in [-0.25, -0.2) is 9.37 Å². The highest BCUT2D eigenvalue weighted by molar-refractivity contribution is 9.10. The van der Waals surface area contributed by atoms with Crippen molar-refractivity contribution in [2.45, 2.75) is 25.3 Å². The van der Waals surface area contributed by atoms with Crippen LogP contribution in [0.15, 0.2) is 22.7 Å². The third-order valence-corrected chi connectivity index (χ3v) is 4.81. The van der Waals surface area contributed by atoms with E-state index in [0.717, 1.165) is 34.4 Å². The van der Waals surface area contributed by atoms with Crippen LogP contribution in [0.2, 0.25) is 0 Å². The van der Waals surface area contributed by atoms with Crippen LogP contribution in [0.5, 0.6) is 0 Å². The molecule has 18 heavy (non-hydrogen) atoms. The molecule has 5 heteroatoms. The Bertz CT molecular complexity index is 597. The first-order chi connectivity index (χ1) is 8.65. The second kappa shape index (κ2) is 4.72. The largest absolute Gasteiger partial charge is 0.323 e. The van der Waals surface area contributed by atoms with E-state index >= 15 is 0 Å². The zero-order valence-corrected chi connectivity index (χ0v) is 12.0. The molecule has 2 nitrogen and oxygen atoms in total. The Kier molecular flexibility index (Phi) is 3.21. The number of hydrogen-bond acceptors (Lipinski definition) is 3. The van der Waals surface area contributed by atoms with Crippen molar-refractivity contribution in [3.05, 3.63) is 39.1 Å². The van der Waals surface area contributed by atoms with E-state index in [1.165, 1.54) is 10.9 Å². The van der Waals surface area contributed by atoms with Crippen molar-refractivity contribution in [2.75, 3.05) is 0 Å². The van der Waals surface area contributed by atoms with Crippen molar-refractivity contribution in [2.24, 2.45) is 5.73 Å². The van der Waals surface area contributed by atoms with Crippen molar-refractivity contribution in [1.29, 1.82) is 0 Å². The van der Waals surface area contributed by atoms with Gasteiger partial charge in [0.05, 0.1) is 5.69 Å². The van der Waals surface area contributed by atoms with Gasteiger partial charge in [0.2, 0.25) is 0 Å². The number of hydrogen-bond donors (Lipinski definition) is 1. The summed E-state index contributed by atoms with van der Waals surface area (Å²) in [5.74, 6) is -0.238. The average Bonchev–Trinajstić information content (AvgIpc) is 2.77. The third kappa shape index (κ3) is 2.11. The minimum absolute atomic E-state index is 0.00830. The normalized spacial score (nSPS) is 18.7. The van der Waals surface area contributed by atoms with Gasteiger partial charge < -0.3 is 5.73 Å². The molecule has 0 spiro atoms. The highest BCUT2D eigenvalue weighted by Gasteiger charge is 2.23. The first-order valence-electron chi connectivity index (χ1n) is 5.86. The molecule has 1 heterocycles. The number of halogens is 2. The van der Waals surface area contributed by atoms with Crippen molar-refractivity contribution in [1.82, 2.24) is 4.98 Å². The summed E-state index contributed by atoms with van der Waals surface area (Å²) in [6.45, 7) is 0. The molecule has 0 bridgehead atoms. The van der Waals surface area contributed by atoms with Crippen molar-refractivity contribution >= 4 is 27.3 Å². The topological polar surface area (TPSA) is 38.9 Å². The van der Waals surface area contributed by atoms with Crippen LogP contribution in [0.1, 0.15) is 29.5 Å². The van der Waals surface area contributed by atoms with E-state index in [1.807, 2.05) is 0 Å². The highest BCUT2D eigenvalue weighted by atomic mass is 79.9. The maximum atomic E-state index is 13.8. The molecule has 0 saturated heterocycles. The van der Waals surface area contributed by atoms with Crippen LogP contribution >= 0.6 is 27.3 Å². The van der Waals surface area contributed by atoms with E-state index in [0.29, 0.717) is 5.56 Å². The summed E-state index contributed by atoms with van der Waals surface area (Å²) in [4.78, 5) is 5.75. The quantitative estimate of drug-likeness (QED) is 0.858. The third-order valence-electron chi connectivity index (χ3n) is 3.16. The number of nitrogens with two attached hydrogens (primary N) is 1. The molecule has 1 aromatic heterocycles. The van der Waals surface area contributed by atoms with Gasteiger partial charge in [-0.2, -0.15) is 0 Å². The summed E-state index contributed by atoms with van der Waals surface area (Å²) in [5.41, 5.74) is 7.56. The molecule has 94 valence electrons. The molecule has 0 saturated carbocycles. The molecule has 3 rings (SSSR count). The van der Waals surface area contributed by atoms with Crippen LogP contribution in [0, 0.1) is 5.82 Å². The lowest BCUT2D eigenvalue weighted by atomic mass is 9.99. The highest BCUT2D eigenvalue weighted by Crippen LogP contribution is 2.37. The van der Waals surface area contributed by atoms with Crippen molar-refractivity contribution in [3.63, 3.8) is 0 Å². The Morgan fingerprint density at radius 2 is 2.28 bits per heavy atom. The first-order valence-corrected chi connectivity index (χ1v) is 7.46. The molecule has 1 aliphatic rings. The first kappa shape index (κ1) is 12.3. The fourth-order valence-electron chi connectivity index (χ4n) is 2.23. The molecule has 0 radical (unpaired) electrons. The average molecular weight is 327 g/mol. The maximum Gasteiger partial charge on any atom is 0.133 e. The number of benzene rings is 1. The van der Waals surface area contributed by atoms with Gasteiger partial charge in [0.25, 0.3) is 0 Å². The van der Waals surface area contributed by atoms with Crippen LogP contribution in [-0.2, 0) is 6.42 Å². The summed E-state index contributed by atoms with van der Waals surface area (Å²) in [7, 11) is 0. The molecule has 0 aliphatic heterocycles. The van der Waals surface area contributed by atoms with Crippen molar-refractivity contribution < 1.29 is 4.39 Å². The lowest BCUT2D eigenvalue weighted by Gasteiger charge is -2.15. The predicted octanol–water partition coefficient (Wildman–Crippen LogP) is 4.05. The van der Waals surface area contributed by atoms with Crippen LogP contribution in [0.4, 0.5) is 4.39 Å². The zero-order valence-electron chi connectivity index (χ0n) is 9.62. The smallest absolute Gasteiger partial charge is 0.133 e. The van der Waals surface area contributed by atoms with E-state index in [-0.39, 0.29) is 11.9 Å².